The molecule has 3 nitrogen and oxygen atoms in total. The standard InChI is InChI=1S/C8H10F3N3S/c1-4(2)5-3-15-6(12-5)7(13-14-7)8(9,10)11/h3-4,13-14H,1-2H3. The van der Waals surface area contributed by atoms with Crippen LogP contribution in [0.3, 0.4) is 0 Å². The predicted molar refractivity (Wildman–Crippen MR) is 50.2 cm³/mol. The monoisotopic (exact) mass is 237 g/mol. The quantitative estimate of drug-likeness (QED) is 0.774. The Hall–Kier alpha value is -0.660. The highest BCUT2D eigenvalue weighted by atomic mass is 32.1. The molecule has 1 aliphatic heterocycles. The second-order valence-corrected chi connectivity index (χ2v) is 4.59. The van der Waals surface area contributed by atoms with Gasteiger partial charge < -0.3 is 0 Å². The van der Waals surface area contributed by atoms with Crippen molar-refractivity contribution in [2.75, 3.05) is 0 Å². The van der Waals surface area contributed by atoms with Gasteiger partial charge in [0.15, 0.2) is 0 Å². The van der Waals surface area contributed by atoms with Gasteiger partial charge in [-0.25, -0.2) is 15.8 Å². The minimum atomic E-state index is -4.36. The number of rotatable bonds is 2. The van der Waals surface area contributed by atoms with Crippen LogP contribution in [0.4, 0.5) is 13.2 Å². The number of nitrogens with one attached hydrogen (secondary N) is 2. The van der Waals surface area contributed by atoms with Crippen molar-refractivity contribution < 1.29 is 13.2 Å². The Kier molecular flexibility index (Phi) is 2.29. The van der Waals surface area contributed by atoms with E-state index in [0.29, 0.717) is 5.69 Å². The van der Waals surface area contributed by atoms with Crippen molar-refractivity contribution in [3.63, 3.8) is 0 Å². The maximum Gasteiger partial charge on any atom is 0.429 e. The van der Waals surface area contributed by atoms with E-state index in [-0.39, 0.29) is 10.9 Å². The summed E-state index contributed by atoms with van der Waals surface area (Å²) in [5.74, 6) is 0.138. The topological polar surface area (TPSA) is 56.8 Å². The molecule has 15 heavy (non-hydrogen) atoms. The van der Waals surface area contributed by atoms with Crippen LogP contribution in [-0.4, -0.2) is 11.2 Å². The van der Waals surface area contributed by atoms with Crippen LogP contribution >= 0.6 is 11.3 Å². The molecule has 0 unspecified atom stereocenters. The van der Waals surface area contributed by atoms with Gasteiger partial charge in [0.05, 0.1) is 5.69 Å². The molecule has 0 saturated carbocycles. The highest BCUT2D eigenvalue weighted by Gasteiger charge is 2.67. The Morgan fingerprint density at radius 1 is 1.40 bits per heavy atom. The molecule has 1 aromatic heterocycles. The third-order valence-electron chi connectivity index (χ3n) is 2.23. The van der Waals surface area contributed by atoms with Gasteiger partial charge in [-0.15, -0.1) is 11.3 Å². The van der Waals surface area contributed by atoms with Crippen LogP contribution in [0.1, 0.15) is 30.5 Å². The summed E-state index contributed by atoms with van der Waals surface area (Å²) >= 11 is 1.02. The summed E-state index contributed by atoms with van der Waals surface area (Å²) in [6.45, 7) is 3.79. The lowest BCUT2D eigenvalue weighted by Crippen LogP contribution is -2.34. The molecule has 0 spiro atoms. The van der Waals surface area contributed by atoms with Crippen LogP contribution in [-0.2, 0) is 5.66 Å². The van der Waals surface area contributed by atoms with Crippen LogP contribution in [0.5, 0.6) is 0 Å². The van der Waals surface area contributed by atoms with Crippen LogP contribution in [0.25, 0.3) is 0 Å². The van der Waals surface area contributed by atoms with Gasteiger partial charge in [-0.3, -0.25) is 0 Å². The van der Waals surface area contributed by atoms with Crippen molar-refractivity contribution >= 4 is 11.3 Å². The molecule has 0 amide bonds. The van der Waals surface area contributed by atoms with Crippen molar-refractivity contribution in [3.05, 3.63) is 16.1 Å². The van der Waals surface area contributed by atoms with Crippen LogP contribution in [0.15, 0.2) is 5.38 Å². The molecule has 0 aromatic carbocycles. The summed E-state index contributed by atoms with van der Waals surface area (Å²) in [4.78, 5) is 3.98. The van der Waals surface area contributed by atoms with Crippen molar-refractivity contribution in [3.8, 4) is 0 Å². The highest BCUT2D eigenvalue weighted by Crippen LogP contribution is 2.43. The number of hydrogen-bond acceptors (Lipinski definition) is 4. The summed E-state index contributed by atoms with van der Waals surface area (Å²) in [6.07, 6.45) is -4.36. The average Bonchev–Trinajstić information content (AvgIpc) is 2.77. The van der Waals surface area contributed by atoms with Crippen molar-refractivity contribution in [1.82, 2.24) is 15.8 Å². The van der Waals surface area contributed by atoms with E-state index in [0.717, 1.165) is 11.3 Å². The van der Waals surface area contributed by atoms with Gasteiger partial charge in [0, 0.05) is 5.38 Å². The molecule has 0 radical (unpaired) electrons. The minimum absolute atomic E-state index is 0.0266. The van der Waals surface area contributed by atoms with E-state index in [4.69, 9.17) is 0 Å². The van der Waals surface area contributed by atoms with Gasteiger partial charge in [-0.2, -0.15) is 13.2 Å². The summed E-state index contributed by atoms with van der Waals surface area (Å²) in [7, 11) is 0. The first-order valence-electron chi connectivity index (χ1n) is 4.44. The van der Waals surface area contributed by atoms with E-state index >= 15 is 0 Å². The molecule has 0 atom stereocenters. The summed E-state index contributed by atoms with van der Waals surface area (Å²) in [6, 6.07) is 0. The van der Waals surface area contributed by atoms with E-state index < -0.39 is 11.8 Å². The van der Waals surface area contributed by atoms with E-state index in [2.05, 4.69) is 15.8 Å². The van der Waals surface area contributed by atoms with E-state index in [1.54, 1.807) is 5.38 Å². The van der Waals surface area contributed by atoms with Gasteiger partial charge in [-0.1, -0.05) is 13.8 Å². The third kappa shape index (κ3) is 1.64. The van der Waals surface area contributed by atoms with Crippen molar-refractivity contribution in [1.29, 1.82) is 0 Å². The molecule has 7 heteroatoms. The summed E-state index contributed by atoms with van der Waals surface area (Å²) in [5.41, 5.74) is 2.84. The Morgan fingerprint density at radius 3 is 2.33 bits per heavy atom. The van der Waals surface area contributed by atoms with Crippen molar-refractivity contribution in [2.24, 2.45) is 0 Å². The first kappa shape index (κ1) is 10.8. The van der Waals surface area contributed by atoms with Gasteiger partial charge in [0.2, 0.25) is 5.66 Å². The Morgan fingerprint density at radius 2 is 2.00 bits per heavy atom. The first-order valence-corrected chi connectivity index (χ1v) is 5.32. The normalized spacial score (nSPS) is 19.6. The number of hydrazine groups is 1. The number of aromatic nitrogens is 1. The summed E-state index contributed by atoms with van der Waals surface area (Å²) in [5, 5.41) is 1.69. The molecular weight excluding hydrogens is 227 g/mol. The molecule has 84 valence electrons. The van der Waals surface area contributed by atoms with Gasteiger partial charge in [0.25, 0.3) is 0 Å². The number of alkyl halides is 3. The number of thiazole rings is 1. The lowest BCUT2D eigenvalue weighted by Gasteiger charge is -2.12. The van der Waals surface area contributed by atoms with Gasteiger partial charge >= 0.3 is 6.18 Å². The molecule has 1 aliphatic rings. The number of halogens is 3. The zero-order chi connectivity index (χ0) is 11.3. The predicted octanol–water partition coefficient (Wildman–Crippen LogP) is 2.09. The smallest absolute Gasteiger partial charge is 0.242 e. The Bertz CT molecular complexity index is 367. The maximum atomic E-state index is 12.6. The molecule has 1 aromatic rings. The van der Waals surface area contributed by atoms with E-state index in [9.17, 15) is 13.2 Å². The number of nitrogens with zero attached hydrogens (tertiary/aromatic N) is 1. The molecule has 1 fully saturated rings. The molecule has 0 bridgehead atoms. The second kappa shape index (κ2) is 3.16. The number of hydrogen-bond donors (Lipinski definition) is 2. The second-order valence-electron chi connectivity index (χ2n) is 3.73. The largest absolute Gasteiger partial charge is 0.429 e. The fourth-order valence-electron chi connectivity index (χ4n) is 1.16. The first-order chi connectivity index (χ1) is 6.87. The van der Waals surface area contributed by atoms with Crippen LogP contribution < -0.4 is 10.9 Å². The van der Waals surface area contributed by atoms with Crippen LogP contribution in [0.2, 0.25) is 0 Å². The Labute approximate surface area is 88.7 Å². The van der Waals surface area contributed by atoms with Crippen molar-refractivity contribution in [2.45, 2.75) is 31.6 Å². The zero-order valence-corrected chi connectivity index (χ0v) is 8.96. The van der Waals surface area contributed by atoms with Gasteiger partial charge in [0.1, 0.15) is 5.01 Å². The fraction of sp³-hybridized carbons (Fsp3) is 0.625. The average molecular weight is 237 g/mol. The lowest BCUT2D eigenvalue weighted by atomic mass is 10.1. The highest BCUT2D eigenvalue weighted by molar-refractivity contribution is 7.09. The Balaban J connectivity index is 2.31. The molecule has 2 rings (SSSR count). The SMILES string of the molecule is CC(C)c1csc(C2(C(F)(F)F)NN2)n1. The minimum Gasteiger partial charge on any atom is -0.242 e. The molecule has 2 heterocycles. The zero-order valence-electron chi connectivity index (χ0n) is 8.14. The molecular formula is C8H10F3N3S. The van der Waals surface area contributed by atoms with Crippen LogP contribution in [0, 0.1) is 0 Å². The summed E-state index contributed by atoms with van der Waals surface area (Å²) < 4.78 is 37.9. The third-order valence-corrected chi connectivity index (χ3v) is 3.21. The molecule has 0 aliphatic carbocycles. The lowest BCUT2D eigenvalue weighted by molar-refractivity contribution is -0.165. The van der Waals surface area contributed by atoms with E-state index in [1.165, 1.54) is 0 Å². The maximum absolute atomic E-state index is 12.6. The van der Waals surface area contributed by atoms with E-state index in [1.807, 2.05) is 13.8 Å². The molecule has 1 saturated heterocycles. The van der Waals surface area contributed by atoms with Gasteiger partial charge in [-0.05, 0) is 5.92 Å². The molecule has 2 N–H and O–H groups in total. The fourth-order valence-corrected chi connectivity index (χ4v) is 2.27.